The molecule has 0 spiro atoms. The van der Waals surface area contributed by atoms with Crippen LogP contribution in [0.4, 0.5) is 0 Å². The molecule has 21 heavy (non-hydrogen) atoms. The van der Waals surface area contributed by atoms with Gasteiger partial charge in [-0.05, 0) is 36.0 Å². The molecule has 4 nitrogen and oxygen atoms in total. The van der Waals surface area contributed by atoms with Gasteiger partial charge in [-0.2, -0.15) is 0 Å². The Morgan fingerprint density at radius 1 is 1.19 bits per heavy atom. The number of amides is 1. The zero-order valence-electron chi connectivity index (χ0n) is 13.6. The molecule has 1 amide bonds. The summed E-state index contributed by atoms with van der Waals surface area (Å²) < 4.78 is 5.60. The molecule has 4 heteroatoms. The normalized spacial score (nSPS) is 12.5. The lowest BCUT2D eigenvalue weighted by atomic mass is 10.0. The Hall–Kier alpha value is -1.55. The Kier molecular flexibility index (Phi) is 7.23. The Morgan fingerprint density at radius 3 is 2.33 bits per heavy atom. The minimum atomic E-state index is -0.435. The highest BCUT2D eigenvalue weighted by Gasteiger charge is 2.14. The lowest BCUT2D eigenvalue weighted by Crippen LogP contribution is -2.42. The van der Waals surface area contributed by atoms with E-state index in [9.17, 15) is 4.79 Å². The van der Waals surface area contributed by atoms with Crippen LogP contribution in [0.5, 0.6) is 5.75 Å². The van der Waals surface area contributed by atoms with E-state index in [0.29, 0.717) is 31.4 Å². The fourth-order valence-electron chi connectivity index (χ4n) is 2.04. The molecule has 0 heterocycles. The van der Waals surface area contributed by atoms with Gasteiger partial charge in [0.25, 0.3) is 0 Å². The zero-order valence-corrected chi connectivity index (χ0v) is 13.6. The number of rotatable bonds is 8. The number of hydrogen-bond acceptors (Lipinski definition) is 3. The highest BCUT2D eigenvalue weighted by atomic mass is 16.5. The molecule has 118 valence electrons. The smallest absolute Gasteiger partial charge is 0.237 e. The van der Waals surface area contributed by atoms with Gasteiger partial charge in [0.05, 0.1) is 12.6 Å². The van der Waals surface area contributed by atoms with E-state index in [-0.39, 0.29) is 5.91 Å². The van der Waals surface area contributed by atoms with Gasteiger partial charge in [-0.1, -0.05) is 39.8 Å². The summed E-state index contributed by atoms with van der Waals surface area (Å²) in [6.07, 6.45) is 0.698. The predicted molar refractivity (Wildman–Crippen MR) is 86.5 cm³/mol. The molecular weight excluding hydrogens is 264 g/mol. The lowest BCUT2D eigenvalue weighted by Gasteiger charge is -2.14. The third-order valence-electron chi connectivity index (χ3n) is 3.28. The van der Waals surface area contributed by atoms with Crippen LogP contribution in [0.3, 0.4) is 0 Å². The Balaban J connectivity index is 2.26. The van der Waals surface area contributed by atoms with Gasteiger partial charge < -0.3 is 15.8 Å². The largest absolute Gasteiger partial charge is 0.492 e. The molecule has 0 fully saturated rings. The zero-order chi connectivity index (χ0) is 15.8. The van der Waals surface area contributed by atoms with Crippen LogP contribution in [-0.4, -0.2) is 25.1 Å². The van der Waals surface area contributed by atoms with Gasteiger partial charge in [-0.3, -0.25) is 4.79 Å². The van der Waals surface area contributed by atoms with E-state index in [4.69, 9.17) is 10.5 Å². The van der Waals surface area contributed by atoms with Crippen molar-refractivity contribution in [2.24, 2.45) is 11.7 Å². The summed E-state index contributed by atoms with van der Waals surface area (Å²) >= 11 is 0. The van der Waals surface area contributed by atoms with E-state index in [0.717, 1.165) is 5.75 Å². The van der Waals surface area contributed by atoms with E-state index in [1.807, 2.05) is 12.1 Å². The molecule has 1 rings (SSSR count). The standard InChI is InChI=1S/C17H28N2O2/c1-12(2)11-16(18)17(20)19-9-10-21-15-7-5-14(6-8-15)13(3)4/h5-8,12-13,16H,9-11,18H2,1-4H3,(H,19,20)/t16-/m0/s1. The monoisotopic (exact) mass is 292 g/mol. The van der Waals surface area contributed by atoms with Gasteiger partial charge in [0.2, 0.25) is 5.91 Å². The third-order valence-corrected chi connectivity index (χ3v) is 3.28. The summed E-state index contributed by atoms with van der Waals surface area (Å²) in [7, 11) is 0. The van der Waals surface area contributed by atoms with Gasteiger partial charge in [0, 0.05) is 0 Å². The molecule has 0 saturated carbocycles. The summed E-state index contributed by atoms with van der Waals surface area (Å²) in [6.45, 7) is 9.34. The van der Waals surface area contributed by atoms with Gasteiger partial charge in [-0.15, -0.1) is 0 Å². The molecule has 0 bridgehead atoms. The molecule has 0 aliphatic carbocycles. The van der Waals surface area contributed by atoms with Crippen LogP contribution in [0.1, 0.15) is 45.6 Å². The highest BCUT2D eigenvalue weighted by molar-refractivity contribution is 5.81. The van der Waals surface area contributed by atoms with Crippen molar-refractivity contribution in [3.05, 3.63) is 29.8 Å². The van der Waals surface area contributed by atoms with Gasteiger partial charge in [-0.25, -0.2) is 0 Å². The van der Waals surface area contributed by atoms with E-state index < -0.39 is 6.04 Å². The molecule has 1 atom stereocenters. The summed E-state index contributed by atoms with van der Waals surface area (Å²) in [5.41, 5.74) is 7.09. The summed E-state index contributed by atoms with van der Waals surface area (Å²) in [4.78, 5) is 11.7. The minimum Gasteiger partial charge on any atom is -0.492 e. The van der Waals surface area contributed by atoms with Crippen molar-refractivity contribution in [2.75, 3.05) is 13.2 Å². The van der Waals surface area contributed by atoms with Crippen molar-refractivity contribution in [3.8, 4) is 5.75 Å². The maximum absolute atomic E-state index is 11.7. The Bertz CT molecular complexity index is 427. The topological polar surface area (TPSA) is 64.4 Å². The van der Waals surface area contributed by atoms with Crippen LogP contribution >= 0.6 is 0 Å². The summed E-state index contributed by atoms with van der Waals surface area (Å²) in [6, 6.07) is 7.62. The predicted octanol–water partition coefficient (Wildman–Crippen LogP) is 2.68. The third kappa shape index (κ3) is 6.63. The molecule has 3 N–H and O–H groups in total. The molecule has 1 aromatic carbocycles. The van der Waals surface area contributed by atoms with Crippen LogP contribution in [-0.2, 0) is 4.79 Å². The molecule has 1 aromatic rings. The fraction of sp³-hybridized carbons (Fsp3) is 0.588. The highest BCUT2D eigenvalue weighted by Crippen LogP contribution is 2.18. The van der Waals surface area contributed by atoms with Crippen molar-refractivity contribution in [1.29, 1.82) is 0 Å². The number of nitrogens with two attached hydrogens (primary N) is 1. The van der Waals surface area contributed by atoms with E-state index in [1.165, 1.54) is 5.56 Å². The maximum atomic E-state index is 11.7. The first-order valence-corrected chi connectivity index (χ1v) is 7.66. The summed E-state index contributed by atoms with van der Waals surface area (Å²) in [5.74, 6) is 1.64. The first kappa shape index (κ1) is 17.5. The quantitative estimate of drug-likeness (QED) is 0.724. The molecule has 0 unspecified atom stereocenters. The van der Waals surface area contributed by atoms with Crippen molar-refractivity contribution >= 4 is 5.91 Å². The van der Waals surface area contributed by atoms with Crippen LogP contribution in [0.15, 0.2) is 24.3 Å². The number of carbonyl (C=O) groups is 1. The number of hydrogen-bond donors (Lipinski definition) is 2. The van der Waals surface area contributed by atoms with Crippen LogP contribution in [0.2, 0.25) is 0 Å². The average Bonchev–Trinajstić information content (AvgIpc) is 2.43. The van der Waals surface area contributed by atoms with Gasteiger partial charge in [0.15, 0.2) is 0 Å². The van der Waals surface area contributed by atoms with Crippen LogP contribution in [0.25, 0.3) is 0 Å². The molecule has 0 saturated heterocycles. The number of nitrogens with one attached hydrogen (secondary N) is 1. The number of carbonyl (C=O) groups excluding carboxylic acids is 1. The Morgan fingerprint density at radius 2 is 1.81 bits per heavy atom. The van der Waals surface area contributed by atoms with Crippen molar-refractivity contribution < 1.29 is 9.53 Å². The first-order chi connectivity index (χ1) is 9.90. The second-order valence-electron chi connectivity index (χ2n) is 6.10. The number of benzene rings is 1. The van der Waals surface area contributed by atoms with Gasteiger partial charge in [0.1, 0.15) is 12.4 Å². The Labute approximate surface area is 128 Å². The first-order valence-electron chi connectivity index (χ1n) is 7.66. The molecule has 0 aliphatic heterocycles. The maximum Gasteiger partial charge on any atom is 0.237 e. The van der Waals surface area contributed by atoms with Gasteiger partial charge >= 0.3 is 0 Å². The minimum absolute atomic E-state index is 0.109. The second-order valence-corrected chi connectivity index (χ2v) is 6.10. The molecule has 0 radical (unpaired) electrons. The number of ether oxygens (including phenoxy) is 1. The van der Waals surface area contributed by atoms with E-state index >= 15 is 0 Å². The fourth-order valence-corrected chi connectivity index (χ4v) is 2.04. The SMILES string of the molecule is CC(C)C[C@H](N)C(=O)NCCOc1ccc(C(C)C)cc1. The molecule has 0 aliphatic rings. The van der Waals surface area contributed by atoms with Crippen LogP contribution in [0, 0.1) is 5.92 Å². The lowest BCUT2D eigenvalue weighted by molar-refractivity contribution is -0.122. The molecule has 0 aromatic heterocycles. The second kappa shape index (κ2) is 8.67. The van der Waals surface area contributed by atoms with E-state index in [2.05, 4.69) is 45.1 Å². The molecular formula is C17H28N2O2. The van der Waals surface area contributed by atoms with Crippen molar-refractivity contribution in [1.82, 2.24) is 5.32 Å². The summed E-state index contributed by atoms with van der Waals surface area (Å²) in [5, 5.41) is 2.80. The van der Waals surface area contributed by atoms with Crippen LogP contribution < -0.4 is 15.8 Å². The average molecular weight is 292 g/mol. The van der Waals surface area contributed by atoms with E-state index in [1.54, 1.807) is 0 Å². The van der Waals surface area contributed by atoms with Crippen molar-refractivity contribution in [3.63, 3.8) is 0 Å². The van der Waals surface area contributed by atoms with Crippen molar-refractivity contribution in [2.45, 2.75) is 46.1 Å².